The van der Waals surface area contributed by atoms with Crippen molar-refractivity contribution in [3.05, 3.63) is 34.6 Å². The summed E-state index contributed by atoms with van der Waals surface area (Å²) in [5.74, 6) is 1.05. The molecule has 2 aromatic rings. The molecule has 0 N–H and O–H groups in total. The van der Waals surface area contributed by atoms with Crippen LogP contribution in [0.3, 0.4) is 0 Å². The number of hydrogen-bond acceptors (Lipinski definition) is 4. The van der Waals surface area contributed by atoms with E-state index in [-0.39, 0.29) is 5.69 Å². The zero-order chi connectivity index (χ0) is 11.1. The van der Waals surface area contributed by atoms with E-state index in [1.165, 1.54) is 0 Å². The smallest absolute Gasteiger partial charge is 0.328 e. The van der Waals surface area contributed by atoms with Crippen LogP contribution in [0, 0.1) is 6.92 Å². The number of aromatic nitrogens is 4. The molecule has 2 aromatic heterocycles. The van der Waals surface area contributed by atoms with Gasteiger partial charge < -0.3 is 4.52 Å². The molecule has 0 amide bonds. The van der Waals surface area contributed by atoms with Gasteiger partial charge in [0.05, 0.1) is 6.54 Å². The third kappa shape index (κ3) is 1.56. The van der Waals surface area contributed by atoms with Crippen LogP contribution in [0.2, 0.25) is 0 Å². The normalized spacial score (nSPS) is 15.6. The summed E-state index contributed by atoms with van der Waals surface area (Å²) < 4.78 is 8.23. The molecule has 3 rings (SSSR count). The quantitative estimate of drug-likeness (QED) is 0.764. The van der Waals surface area contributed by atoms with Gasteiger partial charge in [0.1, 0.15) is 0 Å². The molecule has 0 bridgehead atoms. The first-order chi connectivity index (χ1) is 7.74. The number of hydrogen-bond donors (Lipinski definition) is 0. The fourth-order valence-corrected chi connectivity index (χ4v) is 1.74. The molecule has 0 atom stereocenters. The molecule has 0 spiro atoms. The molecule has 2 heterocycles. The van der Waals surface area contributed by atoms with Crippen molar-refractivity contribution < 1.29 is 4.52 Å². The molecule has 16 heavy (non-hydrogen) atoms. The van der Waals surface area contributed by atoms with Gasteiger partial charge in [-0.2, -0.15) is 4.98 Å². The monoisotopic (exact) mass is 220 g/mol. The minimum atomic E-state index is 0.00459. The minimum Gasteiger partial charge on any atom is -0.340 e. The lowest BCUT2D eigenvalue weighted by Crippen LogP contribution is -2.24. The van der Waals surface area contributed by atoms with Gasteiger partial charge in [0.25, 0.3) is 0 Å². The van der Waals surface area contributed by atoms with Crippen molar-refractivity contribution >= 4 is 0 Å². The first-order valence-corrected chi connectivity index (χ1v) is 5.30. The highest BCUT2D eigenvalue weighted by molar-refractivity contribution is 4.94. The SMILES string of the molecule is Cc1nc(Cn2ccn(C3CC3)c2=O)no1. The Kier molecular flexibility index (Phi) is 1.95. The minimum absolute atomic E-state index is 0.00459. The fraction of sp³-hybridized carbons (Fsp3) is 0.500. The fourth-order valence-electron chi connectivity index (χ4n) is 1.74. The molecular weight excluding hydrogens is 208 g/mol. The average molecular weight is 220 g/mol. The maximum absolute atomic E-state index is 11.9. The summed E-state index contributed by atoms with van der Waals surface area (Å²) in [6, 6.07) is 0.403. The first-order valence-electron chi connectivity index (χ1n) is 5.30. The second-order valence-electron chi connectivity index (χ2n) is 4.08. The molecule has 6 heteroatoms. The van der Waals surface area contributed by atoms with Gasteiger partial charge in [0.2, 0.25) is 5.89 Å². The second kappa shape index (κ2) is 3.33. The summed E-state index contributed by atoms with van der Waals surface area (Å²) in [5.41, 5.74) is 0.00459. The standard InChI is InChI=1S/C10H12N4O2/c1-7-11-9(12-16-7)6-13-4-5-14(10(13)15)8-2-3-8/h4-5,8H,2-3,6H2,1H3. The molecule has 1 aliphatic carbocycles. The van der Waals surface area contributed by atoms with Crippen molar-refractivity contribution in [1.29, 1.82) is 0 Å². The van der Waals surface area contributed by atoms with Gasteiger partial charge in [-0.3, -0.25) is 9.13 Å². The summed E-state index contributed by atoms with van der Waals surface area (Å²) in [5, 5.41) is 3.77. The van der Waals surface area contributed by atoms with Gasteiger partial charge in [-0.15, -0.1) is 0 Å². The van der Waals surface area contributed by atoms with Gasteiger partial charge in [-0.05, 0) is 12.8 Å². The van der Waals surface area contributed by atoms with Crippen LogP contribution >= 0.6 is 0 Å². The largest absolute Gasteiger partial charge is 0.340 e. The lowest BCUT2D eigenvalue weighted by Gasteiger charge is -1.96. The van der Waals surface area contributed by atoms with Crippen molar-refractivity contribution in [1.82, 2.24) is 19.3 Å². The molecule has 0 unspecified atom stereocenters. The van der Waals surface area contributed by atoms with Crippen LogP contribution in [0.25, 0.3) is 0 Å². The average Bonchev–Trinajstić information content (AvgIpc) is 2.93. The van der Waals surface area contributed by atoms with E-state index in [2.05, 4.69) is 10.1 Å². The van der Waals surface area contributed by atoms with Crippen molar-refractivity contribution in [2.24, 2.45) is 0 Å². The van der Waals surface area contributed by atoms with Gasteiger partial charge in [-0.1, -0.05) is 5.16 Å². The van der Waals surface area contributed by atoms with Gasteiger partial charge in [0.15, 0.2) is 5.82 Å². The zero-order valence-electron chi connectivity index (χ0n) is 8.96. The van der Waals surface area contributed by atoms with E-state index in [9.17, 15) is 4.79 Å². The number of imidazole rings is 1. The van der Waals surface area contributed by atoms with Crippen LogP contribution in [-0.4, -0.2) is 19.3 Å². The number of rotatable bonds is 3. The van der Waals surface area contributed by atoms with Gasteiger partial charge >= 0.3 is 5.69 Å². The van der Waals surface area contributed by atoms with Crippen LogP contribution in [0.4, 0.5) is 0 Å². The zero-order valence-corrected chi connectivity index (χ0v) is 8.96. The molecule has 0 aliphatic heterocycles. The summed E-state index contributed by atoms with van der Waals surface area (Å²) in [4.78, 5) is 16.0. The Hall–Kier alpha value is -1.85. The van der Waals surface area contributed by atoms with E-state index in [4.69, 9.17) is 4.52 Å². The Morgan fingerprint density at radius 3 is 2.94 bits per heavy atom. The highest BCUT2D eigenvalue weighted by atomic mass is 16.5. The maximum Gasteiger partial charge on any atom is 0.328 e. The van der Waals surface area contributed by atoms with Gasteiger partial charge in [0, 0.05) is 25.4 Å². The highest BCUT2D eigenvalue weighted by Crippen LogP contribution is 2.33. The van der Waals surface area contributed by atoms with Crippen LogP contribution in [-0.2, 0) is 6.54 Å². The number of nitrogens with zero attached hydrogens (tertiary/aromatic N) is 4. The highest BCUT2D eigenvalue weighted by Gasteiger charge is 2.25. The molecule has 1 aliphatic rings. The van der Waals surface area contributed by atoms with E-state index < -0.39 is 0 Å². The van der Waals surface area contributed by atoms with E-state index in [1.54, 1.807) is 22.3 Å². The summed E-state index contributed by atoms with van der Waals surface area (Å²) in [6.45, 7) is 2.10. The van der Waals surface area contributed by atoms with Crippen molar-refractivity contribution in [3.8, 4) is 0 Å². The van der Waals surface area contributed by atoms with Crippen LogP contribution in [0.1, 0.15) is 30.6 Å². The molecule has 0 aromatic carbocycles. The molecular formula is C10H12N4O2. The Labute approximate surface area is 91.5 Å². The molecule has 0 saturated heterocycles. The lowest BCUT2D eigenvalue weighted by molar-refractivity contribution is 0.385. The molecule has 6 nitrogen and oxygen atoms in total. The third-order valence-electron chi connectivity index (χ3n) is 2.70. The summed E-state index contributed by atoms with van der Waals surface area (Å²) in [6.07, 6.45) is 5.80. The molecule has 84 valence electrons. The van der Waals surface area contributed by atoms with Crippen LogP contribution in [0.5, 0.6) is 0 Å². The van der Waals surface area contributed by atoms with Crippen molar-refractivity contribution in [3.63, 3.8) is 0 Å². The topological polar surface area (TPSA) is 65.8 Å². The van der Waals surface area contributed by atoms with Crippen LogP contribution in [0.15, 0.2) is 21.7 Å². The van der Waals surface area contributed by atoms with E-state index in [0.29, 0.717) is 24.3 Å². The maximum atomic E-state index is 11.9. The van der Waals surface area contributed by atoms with E-state index in [1.807, 2.05) is 6.20 Å². The van der Waals surface area contributed by atoms with E-state index >= 15 is 0 Å². The first kappa shape index (κ1) is 9.38. The second-order valence-corrected chi connectivity index (χ2v) is 4.08. The Bertz CT molecular complexity index is 561. The third-order valence-corrected chi connectivity index (χ3v) is 2.70. The molecule has 0 radical (unpaired) electrons. The Morgan fingerprint density at radius 2 is 2.31 bits per heavy atom. The lowest BCUT2D eigenvalue weighted by atomic mass is 10.6. The van der Waals surface area contributed by atoms with Crippen molar-refractivity contribution in [2.45, 2.75) is 32.4 Å². The van der Waals surface area contributed by atoms with Crippen LogP contribution < -0.4 is 5.69 Å². The summed E-state index contributed by atoms with van der Waals surface area (Å²) in [7, 11) is 0. The van der Waals surface area contributed by atoms with Crippen molar-refractivity contribution in [2.75, 3.05) is 0 Å². The molecule has 1 saturated carbocycles. The molecule has 1 fully saturated rings. The Balaban J connectivity index is 1.87. The van der Waals surface area contributed by atoms with E-state index in [0.717, 1.165) is 12.8 Å². The predicted molar refractivity (Wildman–Crippen MR) is 55.1 cm³/mol. The predicted octanol–water partition coefficient (Wildman–Crippen LogP) is 0.724. The number of aryl methyl sites for hydroxylation is 1. The Morgan fingerprint density at radius 1 is 1.50 bits per heavy atom. The summed E-state index contributed by atoms with van der Waals surface area (Å²) >= 11 is 0. The van der Waals surface area contributed by atoms with Gasteiger partial charge in [-0.25, -0.2) is 4.79 Å².